The van der Waals surface area contributed by atoms with E-state index in [0.29, 0.717) is 11.3 Å². The lowest BCUT2D eigenvalue weighted by molar-refractivity contribution is -0.109. The van der Waals surface area contributed by atoms with Crippen LogP contribution in [0.4, 0.5) is 5.69 Å². The lowest BCUT2D eigenvalue weighted by atomic mass is 10.0. The average Bonchev–Trinajstić information content (AvgIpc) is 2.28. The van der Waals surface area contributed by atoms with Crippen LogP contribution in [-0.2, 0) is 4.79 Å². The van der Waals surface area contributed by atoms with E-state index in [-0.39, 0.29) is 10.9 Å². The summed E-state index contributed by atoms with van der Waals surface area (Å²) in [5, 5.41) is 19.6. The first-order valence-corrected chi connectivity index (χ1v) is 6.74. The fourth-order valence-electron chi connectivity index (χ4n) is 1.30. The molecule has 1 aromatic carbocycles. The van der Waals surface area contributed by atoms with Gasteiger partial charge in [0, 0.05) is 28.4 Å². The molecule has 0 saturated carbocycles. The molecule has 0 amide bonds. The van der Waals surface area contributed by atoms with E-state index < -0.39 is 12.2 Å². The van der Waals surface area contributed by atoms with E-state index >= 15 is 0 Å². The zero-order valence-corrected chi connectivity index (χ0v) is 11.7. The van der Waals surface area contributed by atoms with Crippen LogP contribution < -0.4 is 5.73 Å². The van der Waals surface area contributed by atoms with Crippen molar-refractivity contribution >= 4 is 38.5 Å². The van der Waals surface area contributed by atoms with Gasteiger partial charge in [-0.2, -0.15) is 0 Å². The van der Waals surface area contributed by atoms with Gasteiger partial charge in [0.2, 0.25) is 0 Å². The summed E-state index contributed by atoms with van der Waals surface area (Å²) in [7, 11) is 0. The summed E-state index contributed by atoms with van der Waals surface area (Å²) in [5.41, 5.74) is 6.58. The quantitative estimate of drug-likeness (QED) is 0.736. The molecule has 0 aliphatic carbocycles. The van der Waals surface area contributed by atoms with Crippen molar-refractivity contribution in [2.45, 2.75) is 19.1 Å². The van der Waals surface area contributed by atoms with E-state index in [4.69, 9.17) is 5.73 Å². The van der Waals surface area contributed by atoms with Gasteiger partial charge < -0.3 is 15.9 Å². The first-order chi connectivity index (χ1) is 7.91. The number of nitrogens with two attached hydrogens (primary N) is 1. The fourth-order valence-corrected chi connectivity index (χ4v) is 2.27. The van der Waals surface area contributed by atoms with Gasteiger partial charge in [-0.05, 0) is 18.2 Å². The Morgan fingerprint density at radius 3 is 2.76 bits per heavy atom. The fraction of sp³-hybridized carbons (Fsp3) is 0.364. The molecule has 1 rings (SSSR count). The first-order valence-electron chi connectivity index (χ1n) is 4.96. The van der Waals surface area contributed by atoms with E-state index in [1.807, 2.05) is 0 Å². The Balaban J connectivity index is 2.77. The number of carbonyl (C=O) groups is 1. The number of carbonyl (C=O) groups excluding carboxylic acids is 1. The summed E-state index contributed by atoms with van der Waals surface area (Å²) in [4.78, 5) is 10.8. The van der Waals surface area contributed by atoms with Crippen molar-refractivity contribution in [1.82, 2.24) is 0 Å². The molecule has 6 heteroatoms. The number of nitrogen functional groups attached to an aromatic ring is 1. The highest BCUT2D eigenvalue weighted by atomic mass is 79.9. The van der Waals surface area contributed by atoms with Gasteiger partial charge in [0.15, 0.2) is 5.12 Å². The minimum absolute atomic E-state index is 0.0986. The van der Waals surface area contributed by atoms with E-state index in [0.717, 1.165) is 16.2 Å². The maximum absolute atomic E-state index is 10.8. The molecule has 0 saturated heterocycles. The average molecular weight is 320 g/mol. The predicted molar refractivity (Wildman–Crippen MR) is 72.7 cm³/mol. The predicted octanol–water partition coefficient (Wildman–Crippen LogP) is 1.71. The van der Waals surface area contributed by atoms with Crippen LogP contribution in [0, 0.1) is 0 Å². The van der Waals surface area contributed by atoms with Crippen molar-refractivity contribution in [3.8, 4) is 0 Å². The Morgan fingerprint density at radius 2 is 2.18 bits per heavy atom. The van der Waals surface area contributed by atoms with Gasteiger partial charge >= 0.3 is 0 Å². The maximum Gasteiger partial charge on any atom is 0.185 e. The summed E-state index contributed by atoms with van der Waals surface area (Å²) >= 11 is 4.24. The maximum atomic E-state index is 10.8. The molecule has 0 heterocycles. The lowest BCUT2D eigenvalue weighted by Gasteiger charge is -2.19. The minimum Gasteiger partial charge on any atom is -0.398 e. The highest BCUT2D eigenvalue weighted by molar-refractivity contribution is 9.10. The molecule has 17 heavy (non-hydrogen) atoms. The number of anilines is 1. The minimum atomic E-state index is -1.10. The van der Waals surface area contributed by atoms with E-state index in [1.165, 1.54) is 6.92 Å². The van der Waals surface area contributed by atoms with Crippen LogP contribution in [0.3, 0.4) is 0 Å². The van der Waals surface area contributed by atoms with Gasteiger partial charge in [-0.25, -0.2) is 0 Å². The van der Waals surface area contributed by atoms with Crippen LogP contribution in [0.1, 0.15) is 18.6 Å². The molecule has 2 atom stereocenters. The number of rotatable bonds is 4. The highest BCUT2D eigenvalue weighted by Crippen LogP contribution is 2.27. The van der Waals surface area contributed by atoms with Gasteiger partial charge in [0.25, 0.3) is 0 Å². The second kappa shape index (κ2) is 6.39. The van der Waals surface area contributed by atoms with Crippen LogP contribution in [0.2, 0.25) is 0 Å². The monoisotopic (exact) mass is 319 g/mol. The van der Waals surface area contributed by atoms with Gasteiger partial charge in [0.1, 0.15) is 6.10 Å². The molecule has 0 aliphatic rings. The topological polar surface area (TPSA) is 83.5 Å². The number of hydrogen-bond donors (Lipinski definition) is 3. The van der Waals surface area contributed by atoms with Gasteiger partial charge in [-0.15, -0.1) is 0 Å². The Labute approximate surface area is 112 Å². The molecular formula is C11H14BrNO3S. The zero-order chi connectivity index (χ0) is 13.0. The molecule has 0 aromatic heterocycles. The smallest absolute Gasteiger partial charge is 0.185 e. The molecule has 0 aliphatic heterocycles. The number of aliphatic hydroxyl groups excluding tert-OH is 2. The number of benzene rings is 1. The number of thioether (sulfide) groups is 1. The van der Waals surface area contributed by atoms with Crippen molar-refractivity contribution in [3.05, 3.63) is 28.2 Å². The second-order valence-corrected chi connectivity index (χ2v) is 5.70. The first kappa shape index (κ1) is 14.5. The molecular weight excluding hydrogens is 306 g/mol. The zero-order valence-electron chi connectivity index (χ0n) is 9.26. The highest BCUT2D eigenvalue weighted by Gasteiger charge is 2.21. The van der Waals surface area contributed by atoms with Crippen molar-refractivity contribution in [2.75, 3.05) is 11.5 Å². The van der Waals surface area contributed by atoms with Gasteiger partial charge in [-0.1, -0.05) is 27.7 Å². The van der Waals surface area contributed by atoms with Gasteiger partial charge in [-0.3, -0.25) is 4.79 Å². The second-order valence-electron chi connectivity index (χ2n) is 3.59. The van der Waals surface area contributed by atoms with Crippen molar-refractivity contribution in [2.24, 2.45) is 0 Å². The Hall–Kier alpha value is -0.560. The van der Waals surface area contributed by atoms with Crippen LogP contribution in [0.25, 0.3) is 0 Å². The Bertz CT molecular complexity index is 414. The van der Waals surface area contributed by atoms with Crippen LogP contribution in [0.5, 0.6) is 0 Å². The largest absolute Gasteiger partial charge is 0.398 e. The lowest BCUT2D eigenvalue weighted by Crippen LogP contribution is -2.22. The van der Waals surface area contributed by atoms with Gasteiger partial charge in [0.05, 0.1) is 6.10 Å². The van der Waals surface area contributed by atoms with Crippen LogP contribution in [0.15, 0.2) is 22.7 Å². The van der Waals surface area contributed by atoms with E-state index in [1.54, 1.807) is 18.2 Å². The summed E-state index contributed by atoms with van der Waals surface area (Å²) < 4.78 is 0.771. The Morgan fingerprint density at radius 1 is 1.53 bits per heavy atom. The summed E-state index contributed by atoms with van der Waals surface area (Å²) in [6, 6.07) is 5.05. The standard InChI is InChI=1S/C11H14BrNO3S/c1-6(14)17-5-10(15)11(16)8-4-7(12)2-3-9(8)13/h2-4,10-11,15-16H,5,13H2,1H3. The third kappa shape index (κ3) is 4.31. The molecule has 0 fully saturated rings. The summed E-state index contributed by atoms with van der Waals surface area (Å²) in [5.74, 6) is 0.141. The molecule has 0 radical (unpaired) electrons. The molecule has 0 spiro atoms. The van der Waals surface area contributed by atoms with E-state index in [9.17, 15) is 15.0 Å². The molecule has 1 aromatic rings. The molecule has 2 unspecified atom stereocenters. The normalized spacial score (nSPS) is 14.4. The summed E-state index contributed by atoms with van der Waals surface area (Å²) in [6.07, 6.45) is -2.13. The SMILES string of the molecule is CC(=O)SCC(O)C(O)c1cc(Br)ccc1N. The molecule has 94 valence electrons. The summed E-state index contributed by atoms with van der Waals surface area (Å²) in [6.45, 7) is 1.41. The van der Waals surface area contributed by atoms with Crippen molar-refractivity contribution < 1.29 is 15.0 Å². The molecule has 0 bridgehead atoms. The number of aliphatic hydroxyl groups is 2. The Kier molecular flexibility index (Phi) is 5.45. The van der Waals surface area contributed by atoms with E-state index in [2.05, 4.69) is 15.9 Å². The number of halogens is 1. The van der Waals surface area contributed by atoms with Crippen molar-refractivity contribution in [3.63, 3.8) is 0 Å². The van der Waals surface area contributed by atoms with Crippen molar-refractivity contribution in [1.29, 1.82) is 0 Å². The van der Waals surface area contributed by atoms with Crippen LogP contribution in [-0.4, -0.2) is 27.2 Å². The number of hydrogen-bond acceptors (Lipinski definition) is 5. The third-order valence-corrected chi connectivity index (χ3v) is 3.60. The molecule has 4 N–H and O–H groups in total. The molecule has 4 nitrogen and oxygen atoms in total. The van der Waals surface area contributed by atoms with Crippen LogP contribution >= 0.6 is 27.7 Å². The third-order valence-electron chi connectivity index (χ3n) is 2.19.